The van der Waals surface area contributed by atoms with Gasteiger partial charge in [0, 0.05) is 37.5 Å². The molecule has 4 rings (SSSR count). The molecule has 210 valence electrons. The predicted octanol–water partition coefficient (Wildman–Crippen LogP) is 7.28. The standard InChI is InChI=1S/C24H23F5N4O4S2/c1-16-30-24(32-37-16)22-14-20(38(34,35)33(2)15-17-4-8-19(36-3)9-5-17)10-13-23(22)31-18-6-11-21(12-7-18)39(25,26,27,28)29/h4-14,31H,15H2,1-3H3. The summed E-state index contributed by atoms with van der Waals surface area (Å²) in [6.45, 7) is 1.58. The van der Waals surface area contributed by atoms with Crippen LogP contribution in [0.5, 0.6) is 5.75 Å². The third-order valence-electron chi connectivity index (χ3n) is 5.61. The molecule has 1 aromatic heterocycles. The summed E-state index contributed by atoms with van der Waals surface area (Å²) in [6.07, 6.45) is 0. The SMILES string of the molecule is COc1ccc(CN(C)S(=O)(=O)c2ccc(Nc3ccc(S(F)(F)(F)(F)F)cc3)c(-c3noc(C)n3)c2)cc1. The fraction of sp³-hybridized carbons (Fsp3) is 0.167. The highest BCUT2D eigenvalue weighted by atomic mass is 32.5. The molecule has 0 aliphatic rings. The van der Waals surface area contributed by atoms with Crippen LogP contribution < -0.4 is 10.1 Å². The fourth-order valence-corrected chi connectivity index (χ4v) is 5.43. The summed E-state index contributed by atoms with van der Waals surface area (Å²) in [5, 5.41) is 6.62. The van der Waals surface area contributed by atoms with Crippen LogP contribution in [0.2, 0.25) is 0 Å². The molecule has 39 heavy (non-hydrogen) atoms. The molecule has 1 heterocycles. The van der Waals surface area contributed by atoms with Gasteiger partial charge in [-0.3, -0.25) is 0 Å². The predicted molar refractivity (Wildman–Crippen MR) is 137 cm³/mol. The maximum atomic E-state index is 13.4. The lowest BCUT2D eigenvalue weighted by Gasteiger charge is -2.40. The lowest BCUT2D eigenvalue weighted by atomic mass is 10.1. The van der Waals surface area contributed by atoms with Crippen molar-refractivity contribution >= 4 is 31.6 Å². The summed E-state index contributed by atoms with van der Waals surface area (Å²) < 4.78 is 103. The van der Waals surface area contributed by atoms with Crippen molar-refractivity contribution in [3.8, 4) is 17.1 Å². The van der Waals surface area contributed by atoms with Crippen molar-refractivity contribution in [2.24, 2.45) is 0 Å². The first-order valence-corrected chi connectivity index (χ1v) is 14.5. The maximum absolute atomic E-state index is 13.4. The summed E-state index contributed by atoms with van der Waals surface area (Å²) >= 11 is 0. The van der Waals surface area contributed by atoms with Gasteiger partial charge in [0.2, 0.25) is 21.7 Å². The maximum Gasteiger partial charge on any atom is 0.310 e. The van der Waals surface area contributed by atoms with Crippen LogP contribution in [0.25, 0.3) is 11.4 Å². The number of rotatable bonds is 9. The number of hydrogen-bond acceptors (Lipinski definition) is 7. The third-order valence-corrected chi connectivity index (χ3v) is 8.57. The van der Waals surface area contributed by atoms with Crippen molar-refractivity contribution in [1.29, 1.82) is 0 Å². The first kappa shape index (κ1) is 28.3. The number of sulfonamides is 1. The van der Waals surface area contributed by atoms with Gasteiger partial charge in [0.15, 0.2) is 0 Å². The Morgan fingerprint density at radius 3 is 2.15 bits per heavy atom. The van der Waals surface area contributed by atoms with E-state index < -0.39 is 25.1 Å². The Kier molecular flexibility index (Phi) is 6.68. The van der Waals surface area contributed by atoms with Gasteiger partial charge in [0.25, 0.3) is 0 Å². The molecule has 0 fully saturated rings. The number of aromatic nitrogens is 2. The quantitative estimate of drug-likeness (QED) is 0.205. The minimum Gasteiger partial charge on any atom is -0.497 e. The minimum atomic E-state index is -9.83. The van der Waals surface area contributed by atoms with Crippen LogP contribution in [-0.4, -0.2) is 37.0 Å². The molecular weight excluding hydrogens is 567 g/mol. The highest BCUT2D eigenvalue weighted by Crippen LogP contribution is 3.02. The van der Waals surface area contributed by atoms with Crippen LogP contribution >= 0.6 is 10.2 Å². The average molecular weight is 591 g/mol. The lowest BCUT2D eigenvalue weighted by Crippen LogP contribution is -2.26. The molecular formula is C24H23F5N4O4S2. The third kappa shape index (κ3) is 6.49. The molecule has 8 nitrogen and oxygen atoms in total. The minimum absolute atomic E-state index is 0.00786. The van der Waals surface area contributed by atoms with Gasteiger partial charge in [-0.1, -0.05) is 36.7 Å². The van der Waals surface area contributed by atoms with Crippen LogP contribution in [0.3, 0.4) is 0 Å². The van der Waals surface area contributed by atoms with Gasteiger partial charge in [-0.25, -0.2) is 8.42 Å². The van der Waals surface area contributed by atoms with Crippen LogP contribution in [0.1, 0.15) is 11.5 Å². The van der Waals surface area contributed by atoms with E-state index in [1.807, 2.05) is 0 Å². The van der Waals surface area contributed by atoms with E-state index in [-0.39, 0.29) is 52.2 Å². The Morgan fingerprint density at radius 1 is 0.974 bits per heavy atom. The van der Waals surface area contributed by atoms with E-state index in [0.29, 0.717) is 11.3 Å². The smallest absolute Gasteiger partial charge is 0.310 e. The summed E-state index contributed by atoms with van der Waals surface area (Å²) in [5.74, 6) is 0.810. The van der Waals surface area contributed by atoms with Gasteiger partial charge < -0.3 is 14.6 Å². The molecule has 0 amide bonds. The largest absolute Gasteiger partial charge is 0.497 e. The normalized spacial score (nSPS) is 14.1. The van der Waals surface area contributed by atoms with E-state index in [1.54, 1.807) is 24.3 Å². The Bertz CT molecular complexity index is 1610. The summed E-state index contributed by atoms with van der Waals surface area (Å²) in [4.78, 5) is 1.97. The molecule has 0 bridgehead atoms. The molecule has 0 saturated heterocycles. The summed E-state index contributed by atoms with van der Waals surface area (Å²) in [7, 11) is -10.9. The van der Waals surface area contributed by atoms with Crippen LogP contribution in [0.15, 0.2) is 81.0 Å². The number of halogens is 5. The Morgan fingerprint density at radius 2 is 1.62 bits per heavy atom. The molecule has 3 aromatic carbocycles. The Balaban J connectivity index is 1.67. The molecule has 0 unspecified atom stereocenters. The molecule has 4 aromatic rings. The van der Waals surface area contributed by atoms with E-state index in [0.717, 1.165) is 16.4 Å². The van der Waals surface area contributed by atoms with Crippen molar-refractivity contribution in [2.75, 3.05) is 19.5 Å². The summed E-state index contributed by atoms with van der Waals surface area (Å²) in [6, 6.07) is 13.0. The monoisotopic (exact) mass is 590 g/mol. The van der Waals surface area contributed by atoms with Crippen molar-refractivity contribution in [3.05, 3.63) is 78.2 Å². The zero-order chi connectivity index (χ0) is 28.7. The lowest BCUT2D eigenvalue weighted by molar-refractivity contribution is 0.364. The summed E-state index contributed by atoms with van der Waals surface area (Å²) in [5.41, 5.74) is 1.11. The van der Waals surface area contributed by atoms with Crippen LogP contribution in [0.4, 0.5) is 30.8 Å². The molecule has 0 atom stereocenters. The first-order chi connectivity index (χ1) is 18.0. The Hall–Kier alpha value is -3.69. The van der Waals surface area contributed by atoms with Gasteiger partial charge in [-0.2, -0.15) is 9.29 Å². The molecule has 0 spiro atoms. The molecule has 0 radical (unpaired) electrons. The van der Waals surface area contributed by atoms with E-state index in [9.17, 15) is 27.8 Å². The van der Waals surface area contributed by atoms with E-state index >= 15 is 0 Å². The number of hydrogen-bond donors (Lipinski definition) is 1. The molecule has 1 N–H and O–H groups in total. The number of nitrogens with one attached hydrogen (secondary N) is 1. The van der Waals surface area contributed by atoms with Gasteiger partial charge in [0.05, 0.1) is 12.0 Å². The van der Waals surface area contributed by atoms with Crippen molar-refractivity contribution < 1.29 is 37.1 Å². The fourth-order valence-electron chi connectivity index (χ4n) is 3.59. The highest BCUT2D eigenvalue weighted by molar-refractivity contribution is 8.45. The second-order valence-electron chi connectivity index (χ2n) is 8.57. The number of methoxy groups -OCH3 is 1. The Labute approximate surface area is 221 Å². The van der Waals surface area contributed by atoms with Crippen LogP contribution in [0, 0.1) is 6.92 Å². The second-order valence-corrected chi connectivity index (χ2v) is 13.0. The van der Waals surface area contributed by atoms with Crippen molar-refractivity contribution in [2.45, 2.75) is 23.3 Å². The van der Waals surface area contributed by atoms with Crippen molar-refractivity contribution in [1.82, 2.24) is 14.4 Å². The number of ether oxygens (including phenoxy) is 1. The van der Waals surface area contributed by atoms with Crippen LogP contribution in [-0.2, 0) is 16.6 Å². The topological polar surface area (TPSA) is 97.6 Å². The molecule has 0 aliphatic heterocycles. The zero-order valence-electron chi connectivity index (χ0n) is 20.7. The zero-order valence-corrected chi connectivity index (χ0v) is 22.4. The number of nitrogens with zero attached hydrogens (tertiary/aromatic N) is 3. The molecule has 0 aliphatic carbocycles. The van der Waals surface area contributed by atoms with Gasteiger partial charge in [0.1, 0.15) is 10.6 Å². The molecule has 15 heteroatoms. The van der Waals surface area contributed by atoms with E-state index in [2.05, 4.69) is 15.5 Å². The van der Waals surface area contributed by atoms with Gasteiger partial charge in [-0.05, 0) is 60.2 Å². The average Bonchev–Trinajstić information content (AvgIpc) is 3.29. The number of anilines is 2. The number of aryl methyl sites for hydroxylation is 1. The van der Waals surface area contributed by atoms with Crippen molar-refractivity contribution in [3.63, 3.8) is 0 Å². The first-order valence-electron chi connectivity index (χ1n) is 11.1. The van der Waals surface area contributed by atoms with Gasteiger partial charge in [-0.15, -0.1) is 0 Å². The van der Waals surface area contributed by atoms with E-state index in [4.69, 9.17) is 9.26 Å². The highest BCUT2D eigenvalue weighted by Gasteiger charge is 2.65. The number of benzene rings is 3. The van der Waals surface area contributed by atoms with E-state index in [1.165, 1.54) is 39.3 Å². The second kappa shape index (κ2) is 9.20. The van der Waals surface area contributed by atoms with Gasteiger partial charge >= 0.3 is 10.2 Å². The molecule has 0 saturated carbocycles.